The van der Waals surface area contributed by atoms with E-state index in [1.54, 1.807) is 93.7 Å². The lowest BCUT2D eigenvalue weighted by Gasteiger charge is -2.29. The number of Topliss-reactive ketones (excluding diaryl/α,β-unsaturated/α-hetero) is 1. The number of nitrogens with two attached hydrogens (primary N) is 1. The zero-order valence-corrected chi connectivity index (χ0v) is 54.3. The van der Waals surface area contributed by atoms with Crippen molar-refractivity contribution in [3.8, 4) is 0 Å². The number of ketones is 1. The fourth-order valence-corrected chi connectivity index (χ4v) is 9.00. The van der Waals surface area contributed by atoms with Gasteiger partial charge in [-0.15, -0.1) is 23.2 Å². The number of hydrogen-bond acceptors (Lipinski definition) is 19. The largest absolute Gasteiger partial charge is 0.478 e. The van der Waals surface area contributed by atoms with Gasteiger partial charge in [0.2, 0.25) is 0 Å². The molecule has 14 N–H and O–H groups in total. The van der Waals surface area contributed by atoms with Crippen LogP contribution >= 0.6 is 46.4 Å². The number of amides is 1. The molecule has 0 aromatic heterocycles. The molecule has 0 saturated carbocycles. The molecule has 0 saturated heterocycles. The maximum atomic E-state index is 12.6. The molecule has 17 atom stereocenters. The molecule has 2 aliphatic rings. The Morgan fingerprint density at radius 1 is 0.582 bits per heavy atom. The van der Waals surface area contributed by atoms with E-state index in [1.165, 1.54) is 55.5 Å². The Labute approximate surface area is 550 Å². The number of esters is 2. The standard InChI is InChI=1S/C33H43Cl2NO11.C32H44Cl2O10/c1-4-5-13-26(47-33(36)45)29(35)24(38)18-25(39)31(42)30(41)20(3)22(34)12-8-6-10-19(2)11-7-9-14-28(40)46-27-17-21(32(43)44)15-16-23(27)37;1-4-5-13-24(36)29(34)25(37)18-26(38)31(41)30(40)20(3)22(33)12-8-6-10-19(2)11-7-9-14-28(39)44-27-17-21(32(42)43)15-16-23(27)35/h5-15,20,23-24,26-27,29-31,37-38,41-42H,4,16-18H2,1-3H3,(H2,36,45)(H,43,44);5-15,20,23-27,29-31,35-38,40-41H,4,16-18H2,1-3H3,(H,42,43)/b2*8-6+,11-7+,13-5+,14-9+,19-10+,22-12-. The third kappa shape index (κ3) is 32.4. The molecule has 17 unspecified atom stereocenters. The first-order chi connectivity index (χ1) is 42.8. The van der Waals surface area contributed by atoms with Crippen LogP contribution in [0.2, 0.25) is 0 Å². The second kappa shape index (κ2) is 44.5. The Kier molecular flexibility index (Phi) is 40.5. The predicted octanol–water partition coefficient (Wildman–Crippen LogP) is 6.72. The van der Waals surface area contributed by atoms with Crippen LogP contribution in [0, 0.1) is 11.8 Å². The highest BCUT2D eigenvalue weighted by molar-refractivity contribution is 6.30. The molecule has 0 spiro atoms. The van der Waals surface area contributed by atoms with Gasteiger partial charge in [-0.2, -0.15) is 0 Å². The lowest BCUT2D eigenvalue weighted by atomic mass is 9.92. The van der Waals surface area contributed by atoms with E-state index in [0.717, 1.165) is 23.3 Å². The van der Waals surface area contributed by atoms with Gasteiger partial charge < -0.3 is 81.2 Å². The average molecular weight is 1360 g/mol. The van der Waals surface area contributed by atoms with Gasteiger partial charge in [0.25, 0.3) is 0 Å². The molecule has 0 aromatic carbocycles. The lowest BCUT2D eigenvalue weighted by Crippen LogP contribution is -2.44. The van der Waals surface area contributed by atoms with Crippen molar-refractivity contribution in [3.63, 3.8) is 0 Å². The molecular weight excluding hydrogens is 1270 g/mol. The number of aliphatic hydroxyl groups excluding tert-OH is 10. The summed E-state index contributed by atoms with van der Waals surface area (Å²) in [7, 11) is 0. The first-order valence-corrected chi connectivity index (χ1v) is 30.7. The van der Waals surface area contributed by atoms with Gasteiger partial charge in [-0.1, -0.05) is 165 Å². The monoisotopic (exact) mass is 1360 g/mol. The minimum absolute atomic E-state index is 0.0683. The second-order valence-corrected chi connectivity index (χ2v) is 23.1. The van der Waals surface area contributed by atoms with Crippen LogP contribution in [0.15, 0.2) is 166 Å². The van der Waals surface area contributed by atoms with Crippen molar-refractivity contribution in [3.05, 3.63) is 166 Å². The van der Waals surface area contributed by atoms with Crippen LogP contribution < -0.4 is 5.73 Å². The third-order valence-corrected chi connectivity index (χ3v) is 15.8. The molecule has 91 heavy (non-hydrogen) atoms. The lowest BCUT2D eigenvalue weighted by molar-refractivity contribution is -0.150. The van der Waals surface area contributed by atoms with Gasteiger partial charge in [0.05, 0.1) is 54.2 Å². The fraction of sp³-hybridized carbons (Fsp3) is 0.477. The molecule has 0 heterocycles. The quantitative estimate of drug-likeness (QED) is 0.00781. The Hall–Kier alpha value is -6.06. The van der Waals surface area contributed by atoms with Gasteiger partial charge in [-0.3, -0.25) is 4.79 Å². The predicted molar refractivity (Wildman–Crippen MR) is 345 cm³/mol. The summed E-state index contributed by atoms with van der Waals surface area (Å²) < 4.78 is 15.2. The maximum Gasteiger partial charge on any atom is 0.405 e. The molecule has 0 aliphatic heterocycles. The molecule has 0 bridgehead atoms. The molecule has 506 valence electrons. The number of rotatable bonds is 35. The summed E-state index contributed by atoms with van der Waals surface area (Å²) in [6, 6.07) is 0. The maximum absolute atomic E-state index is 12.6. The molecular formula is C65H87Cl4NO21. The second-order valence-electron chi connectivity index (χ2n) is 21.2. The minimum atomic E-state index is -1.89. The summed E-state index contributed by atoms with van der Waals surface area (Å²) in [6.45, 7) is 10.3. The van der Waals surface area contributed by atoms with Crippen molar-refractivity contribution >= 4 is 82.2 Å². The van der Waals surface area contributed by atoms with Crippen molar-refractivity contribution in [1.82, 2.24) is 0 Å². The van der Waals surface area contributed by atoms with Crippen LogP contribution in [0.4, 0.5) is 4.79 Å². The Morgan fingerprint density at radius 3 is 1.43 bits per heavy atom. The average Bonchev–Trinajstić information content (AvgIpc) is 1.25. The number of aliphatic carboxylic acids is 2. The number of alkyl halides is 2. The molecule has 0 aromatic rings. The van der Waals surface area contributed by atoms with E-state index in [0.29, 0.717) is 12.8 Å². The topological polar surface area (TPSA) is 399 Å². The summed E-state index contributed by atoms with van der Waals surface area (Å²) >= 11 is 24.8. The van der Waals surface area contributed by atoms with Gasteiger partial charge in [-0.25, -0.2) is 24.0 Å². The van der Waals surface area contributed by atoms with E-state index in [4.69, 9.17) is 76.6 Å². The number of carbonyl (C=O) groups is 6. The van der Waals surface area contributed by atoms with E-state index < -0.39 is 144 Å². The molecule has 2 rings (SSSR count). The van der Waals surface area contributed by atoms with E-state index in [-0.39, 0.29) is 53.3 Å². The number of carboxylic acids is 2. The number of ether oxygens (including phenoxy) is 3. The molecule has 2 aliphatic carbocycles. The highest BCUT2D eigenvalue weighted by Gasteiger charge is 2.37. The van der Waals surface area contributed by atoms with Gasteiger partial charge in [0, 0.05) is 70.9 Å². The normalized spacial score (nSPS) is 22.6. The van der Waals surface area contributed by atoms with Crippen molar-refractivity contribution in [2.24, 2.45) is 17.6 Å². The summed E-state index contributed by atoms with van der Waals surface area (Å²) in [5, 5.41) is 119. The van der Waals surface area contributed by atoms with Gasteiger partial charge in [-0.05, 0) is 57.8 Å². The summed E-state index contributed by atoms with van der Waals surface area (Å²) in [6.07, 6.45) is 15.8. The number of aliphatic hydroxyl groups is 10. The zero-order valence-electron chi connectivity index (χ0n) is 51.3. The highest BCUT2D eigenvalue weighted by Crippen LogP contribution is 2.28. The molecule has 1 amide bonds. The van der Waals surface area contributed by atoms with Gasteiger partial charge in [0.1, 0.15) is 35.9 Å². The van der Waals surface area contributed by atoms with Gasteiger partial charge in [0.15, 0.2) is 5.78 Å². The van der Waals surface area contributed by atoms with Crippen molar-refractivity contribution in [2.75, 3.05) is 0 Å². The zero-order chi connectivity index (χ0) is 69.1. The van der Waals surface area contributed by atoms with Crippen LogP contribution in [0.25, 0.3) is 0 Å². The van der Waals surface area contributed by atoms with Crippen LogP contribution in [0.5, 0.6) is 0 Å². The molecule has 26 heteroatoms. The van der Waals surface area contributed by atoms with Crippen LogP contribution in [0.1, 0.15) is 92.9 Å². The van der Waals surface area contributed by atoms with E-state index in [2.05, 4.69) is 0 Å². The van der Waals surface area contributed by atoms with Crippen LogP contribution in [0.3, 0.4) is 0 Å². The van der Waals surface area contributed by atoms with E-state index in [1.807, 2.05) is 13.8 Å². The summed E-state index contributed by atoms with van der Waals surface area (Å²) in [4.78, 5) is 70.0. The van der Waals surface area contributed by atoms with Crippen molar-refractivity contribution < 1.29 is 104 Å². The summed E-state index contributed by atoms with van der Waals surface area (Å²) in [5.41, 5.74) is 6.80. The highest BCUT2D eigenvalue weighted by atomic mass is 35.5. The van der Waals surface area contributed by atoms with Crippen LogP contribution in [-0.2, 0) is 38.2 Å². The number of hydrogen-bond donors (Lipinski definition) is 13. The van der Waals surface area contributed by atoms with Crippen molar-refractivity contribution in [1.29, 1.82) is 0 Å². The Morgan fingerprint density at radius 2 is 1.00 bits per heavy atom. The Bertz CT molecular complexity index is 2810. The smallest absolute Gasteiger partial charge is 0.405 e. The van der Waals surface area contributed by atoms with E-state index >= 15 is 0 Å². The molecule has 22 nitrogen and oxygen atoms in total. The number of allylic oxidation sites excluding steroid dienone is 18. The number of primary amides is 1. The molecule has 0 fully saturated rings. The Balaban J connectivity index is 0.000000912. The first-order valence-electron chi connectivity index (χ1n) is 29.0. The van der Waals surface area contributed by atoms with Gasteiger partial charge >= 0.3 is 30.0 Å². The number of carboxylic acid groups (broad SMARTS) is 2. The molecule has 0 radical (unpaired) electrons. The first kappa shape index (κ1) is 83.0. The fourth-order valence-electron chi connectivity index (χ4n) is 8.19. The summed E-state index contributed by atoms with van der Waals surface area (Å²) in [5.74, 6) is -6.19. The SMILES string of the molecule is CC/C=C/C(O)C(Cl)C(O)CC(O)C(O)C(O)C(C)/C(Cl)=C/C=C/C=C(C)/C=C/C=C/C(=O)OC1CC(C(=O)O)=CCC1O.CC/C=C/C(OC(N)=O)C(Cl)C(O)CC(=O)C(O)C(O)C(C)/C(Cl)=C/C=C/C=C(C)/C=C/C=C/C(=O)OC1CC(C(=O)O)=CCC1O. The van der Waals surface area contributed by atoms with E-state index in [9.17, 15) is 79.8 Å². The van der Waals surface area contributed by atoms with Crippen molar-refractivity contribution in [2.45, 2.75) is 183 Å². The van der Waals surface area contributed by atoms with Crippen LogP contribution in [-0.4, -0.2) is 187 Å². The third-order valence-electron chi connectivity index (χ3n) is 13.8. The number of carbonyl (C=O) groups excluding carboxylic acids is 4. The minimum Gasteiger partial charge on any atom is -0.478 e. The number of halogens is 4.